The van der Waals surface area contributed by atoms with Gasteiger partial charge in [0.2, 0.25) is 0 Å². The van der Waals surface area contributed by atoms with Gasteiger partial charge in [-0.2, -0.15) is 0 Å². The van der Waals surface area contributed by atoms with Crippen LogP contribution >= 0.6 is 0 Å². The second-order valence-corrected chi connectivity index (χ2v) is 6.53. The first-order valence-electron chi connectivity index (χ1n) is 6.90. The summed E-state index contributed by atoms with van der Waals surface area (Å²) in [4.78, 5) is 23.8. The molecule has 1 saturated heterocycles. The number of hydrogen-bond acceptors (Lipinski definition) is 5. The molecule has 1 saturated carbocycles. The molecule has 4 atom stereocenters. The lowest BCUT2D eigenvalue weighted by Gasteiger charge is -2.37. The lowest BCUT2D eigenvalue weighted by atomic mass is 9.66. The van der Waals surface area contributed by atoms with Crippen molar-refractivity contribution >= 4 is 11.9 Å². The van der Waals surface area contributed by atoms with Gasteiger partial charge < -0.3 is 19.7 Å². The molecule has 2 aliphatic rings. The molecule has 0 bridgehead atoms. The van der Waals surface area contributed by atoms with Crippen LogP contribution in [0.2, 0.25) is 0 Å². The highest BCUT2D eigenvalue weighted by atomic mass is 16.6. The Morgan fingerprint density at radius 3 is 2.35 bits per heavy atom. The normalized spacial score (nSPS) is 39.7. The van der Waals surface area contributed by atoms with Gasteiger partial charge in [-0.05, 0) is 25.2 Å². The standard InChI is InChI=1S/C14H22O6/c1-13(2)8(4-5-14(13,3)12(17)18)11(16)20-10-7-19-6-9(10)15/h8-10,15H,4-7H2,1-3H3,(H,17,18)/t8?,9-,10+,14?/m1/s1. The van der Waals surface area contributed by atoms with Gasteiger partial charge in [0, 0.05) is 0 Å². The van der Waals surface area contributed by atoms with E-state index in [1.54, 1.807) is 20.8 Å². The largest absolute Gasteiger partial charge is 0.481 e. The van der Waals surface area contributed by atoms with Gasteiger partial charge >= 0.3 is 11.9 Å². The quantitative estimate of drug-likeness (QED) is 0.746. The molecule has 0 amide bonds. The summed E-state index contributed by atoms with van der Waals surface area (Å²) in [6, 6.07) is 0. The second-order valence-electron chi connectivity index (χ2n) is 6.53. The van der Waals surface area contributed by atoms with E-state index in [0.717, 1.165) is 0 Å². The molecule has 2 rings (SSSR count). The average molecular weight is 286 g/mol. The van der Waals surface area contributed by atoms with Crippen molar-refractivity contribution in [3.05, 3.63) is 0 Å². The first kappa shape index (κ1) is 15.3. The minimum absolute atomic E-state index is 0.166. The molecule has 0 aromatic heterocycles. The molecule has 0 spiro atoms. The topological polar surface area (TPSA) is 93.1 Å². The van der Waals surface area contributed by atoms with Crippen LogP contribution in [0, 0.1) is 16.7 Å². The van der Waals surface area contributed by atoms with Crippen LogP contribution in [-0.4, -0.2) is 47.6 Å². The van der Waals surface area contributed by atoms with E-state index in [1.165, 1.54) is 0 Å². The zero-order valence-electron chi connectivity index (χ0n) is 12.1. The fourth-order valence-corrected chi connectivity index (χ4v) is 3.16. The maximum Gasteiger partial charge on any atom is 0.309 e. The SMILES string of the molecule is CC1(C(=O)O)CCC(C(=O)O[C@H]2COC[C@H]2O)C1(C)C. The van der Waals surface area contributed by atoms with Gasteiger partial charge in [-0.25, -0.2) is 0 Å². The number of rotatable bonds is 3. The number of carboxylic acids is 1. The number of esters is 1. The Kier molecular flexibility index (Phi) is 3.81. The summed E-state index contributed by atoms with van der Waals surface area (Å²) in [5.74, 6) is -1.80. The highest BCUT2D eigenvalue weighted by Crippen LogP contribution is 2.56. The summed E-state index contributed by atoms with van der Waals surface area (Å²) < 4.78 is 10.4. The van der Waals surface area contributed by atoms with Crippen molar-refractivity contribution in [2.24, 2.45) is 16.7 Å². The van der Waals surface area contributed by atoms with Crippen molar-refractivity contribution in [3.8, 4) is 0 Å². The molecule has 2 unspecified atom stereocenters. The summed E-state index contributed by atoms with van der Waals surface area (Å²) in [5.41, 5.74) is -1.64. The van der Waals surface area contributed by atoms with Crippen molar-refractivity contribution in [3.63, 3.8) is 0 Å². The summed E-state index contributed by atoms with van der Waals surface area (Å²) >= 11 is 0. The molecule has 114 valence electrons. The van der Waals surface area contributed by atoms with Gasteiger partial charge in [-0.15, -0.1) is 0 Å². The van der Waals surface area contributed by atoms with Gasteiger partial charge in [-0.1, -0.05) is 13.8 Å². The Bertz CT molecular complexity index is 418. The number of aliphatic carboxylic acids is 1. The Morgan fingerprint density at radius 1 is 1.25 bits per heavy atom. The maximum atomic E-state index is 12.3. The fraction of sp³-hybridized carbons (Fsp3) is 0.857. The van der Waals surface area contributed by atoms with Gasteiger partial charge in [0.25, 0.3) is 0 Å². The van der Waals surface area contributed by atoms with Crippen LogP contribution in [0.3, 0.4) is 0 Å². The van der Waals surface area contributed by atoms with E-state index >= 15 is 0 Å². The first-order valence-corrected chi connectivity index (χ1v) is 6.90. The number of ether oxygens (including phenoxy) is 2. The van der Waals surface area contributed by atoms with E-state index < -0.39 is 40.9 Å². The molecule has 20 heavy (non-hydrogen) atoms. The van der Waals surface area contributed by atoms with Crippen molar-refractivity contribution in [1.29, 1.82) is 0 Å². The molecule has 2 fully saturated rings. The van der Waals surface area contributed by atoms with Crippen LogP contribution in [0.15, 0.2) is 0 Å². The molecule has 6 nitrogen and oxygen atoms in total. The van der Waals surface area contributed by atoms with E-state index in [4.69, 9.17) is 9.47 Å². The Morgan fingerprint density at radius 2 is 1.90 bits per heavy atom. The molecule has 0 aromatic carbocycles. The number of carboxylic acid groups (broad SMARTS) is 1. The monoisotopic (exact) mass is 286 g/mol. The zero-order chi connectivity index (χ0) is 15.1. The van der Waals surface area contributed by atoms with Crippen LogP contribution < -0.4 is 0 Å². The van der Waals surface area contributed by atoms with Gasteiger partial charge in [0.15, 0.2) is 6.10 Å². The Hall–Kier alpha value is -1.14. The highest BCUT2D eigenvalue weighted by molar-refractivity contribution is 5.81. The highest BCUT2D eigenvalue weighted by Gasteiger charge is 2.59. The van der Waals surface area contributed by atoms with E-state index in [0.29, 0.717) is 12.8 Å². The molecular formula is C14H22O6. The van der Waals surface area contributed by atoms with Crippen molar-refractivity contribution in [1.82, 2.24) is 0 Å². The average Bonchev–Trinajstić information content (AvgIpc) is 2.83. The van der Waals surface area contributed by atoms with Crippen LogP contribution in [-0.2, 0) is 19.1 Å². The molecular weight excluding hydrogens is 264 g/mol. The molecule has 1 heterocycles. The second kappa shape index (κ2) is 5.00. The van der Waals surface area contributed by atoms with Crippen molar-refractivity contribution in [2.45, 2.75) is 45.8 Å². The number of aliphatic hydroxyl groups excluding tert-OH is 1. The number of carbonyl (C=O) groups excluding carboxylic acids is 1. The summed E-state index contributed by atoms with van der Waals surface area (Å²) in [5, 5.41) is 19.0. The van der Waals surface area contributed by atoms with Crippen molar-refractivity contribution < 1.29 is 29.3 Å². The Balaban J connectivity index is 2.10. The van der Waals surface area contributed by atoms with Crippen LogP contribution in [0.25, 0.3) is 0 Å². The van der Waals surface area contributed by atoms with E-state index in [-0.39, 0.29) is 13.2 Å². The molecule has 1 aliphatic heterocycles. The molecule has 1 aliphatic carbocycles. The predicted molar refractivity (Wildman–Crippen MR) is 69.0 cm³/mol. The minimum atomic E-state index is -0.943. The predicted octanol–water partition coefficient (Wildman–Crippen LogP) is 0.816. The summed E-state index contributed by atoms with van der Waals surface area (Å²) in [6.07, 6.45) is -0.513. The molecule has 6 heteroatoms. The van der Waals surface area contributed by atoms with Crippen LogP contribution in [0.1, 0.15) is 33.6 Å². The Labute approximate surface area is 118 Å². The number of hydrogen-bond donors (Lipinski definition) is 2. The van der Waals surface area contributed by atoms with Crippen LogP contribution in [0.5, 0.6) is 0 Å². The zero-order valence-corrected chi connectivity index (χ0v) is 12.1. The lowest BCUT2D eigenvalue weighted by Crippen LogP contribution is -2.44. The number of aliphatic hydroxyl groups is 1. The van der Waals surface area contributed by atoms with Gasteiger partial charge in [0.1, 0.15) is 6.10 Å². The molecule has 2 N–H and O–H groups in total. The third-order valence-corrected chi connectivity index (χ3v) is 5.25. The lowest BCUT2D eigenvalue weighted by molar-refractivity contribution is -0.166. The smallest absolute Gasteiger partial charge is 0.309 e. The van der Waals surface area contributed by atoms with Crippen molar-refractivity contribution in [2.75, 3.05) is 13.2 Å². The van der Waals surface area contributed by atoms with E-state index in [2.05, 4.69) is 0 Å². The number of carbonyl (C=O) groups is 2. The third-order valence-electron chi connectivity index (χ3n) is 5.25. The molecule has 0 aromatic rings. The van der Waals surface area contributed by atoms with Gasteiger partial charge in [-0.3, -0.25) is 9.59 Å². The fourth-order valence-electron chi connectivity index (χ4n) is 3.16. The summed E-state index contributed by atoms with van der Waals surface area (Å²) in [6.45, 7) is 5.62. The van der Waals surface area contributed by atoms with E-state index in [1.807, 2.05) is 0 Å². The van der Waals surface area contributed by atoms with Crippen LogP contribution in [0.4, 0.5) is 0 Å². The summed E-state index contributed by atoms with van der Waals surface area (Å²) in [7, 11) is 0. The third kappa shape index (κ3) is 2.20. The van der Waals surface area contributed by atoms with E-state index in [9.17, 15) is 19.8 Å². The molecule has 0 radical (unpaired) electrons. The first-order chi connectivity index (χ1) is 9.20. The van der Waals surface area contributed by atoms with Gasteiger partial charge in [0.05, 0.1) is 24.5 Å². The minimum Gasteiger partial charge on any atom is -0.481 e. The maximum absolute atomic E-state index is 12.3.